The molecule has 0 bridgehead atoms. The summed E-state index contributed by atoms with van der Waals surface area (Å²) < 4.78 is 23.1. The van der Waals surface area contributed by atoms with E-state index in [0.29, 0.717) is 62.2 Å². The molecule has 3 amide bonds. The normalized spacial score (nSPS) is 16.7. The van der Waals surface area contributed by atoms with Gasteiger partial charge in [-0.2, -0.15) is 0 Å². The molecule has 5 aromatic rings. The number of aryl methyl sites for hydroxylation is 3. The predicted molar refractivity (Wildman–Crippen MR) is 301 cm³/mol. The molecule has 4 atom stereocenters. The average molecular weight is 1080 g/mol. The number of likely N-dealkylation sites (tertiary alicyclic amines) is 1. The molecule has 2 aromatic heterocycles. The van der Waals surface area contributed by atoms with Crippen molar-refractivity contribution in [2.75, 3.05) is 64.2 Å². The van der Waals surface area contributed by atoms with Gasteiger partial charge >= 0.3 is 0 Å². The van der Waals surface area contributed by atoms with Gasteiger partial charge in [-0.25, -0.2) is 4.98 Å². The quantitative estimate of drug-likeness (QED) is 0.0340. The van der Waals surface area contributed by atoms with Crippen molar-refractivity contribution in [3.63, 3.8) is 0 Å². The van der Waals surface area contributed by atoms with Crippen molar-refractivity contribution in [2.45, 2.75) is 131 Å². The van der Waals surface area contributed by atoms with Crippen LogP contribution in [-0.4, -0.2) is 127 Å². The number of aromatic amines is 1. The Morgan fingerprint density at radius 2 is 1.61 bits per heavy atom. The molecular weight excluding hydrogens is 997 g/mol. The Morgan fingerprint density at radius 1 is 0.909 bits per heavy atom. The molecule has 0 spiro atoms. The molecule has 2 aliphatic rings. The summed E-state index contributed by atoms with van der Waals surface area (Å²) in [6, 6.07) is 19.9. The van der Waals surface area contributed by atoms with E-state index in [1.54, 1.807) is 11.3 Å². The van der Waals surface area contributed by atoms with Gasteiger partial charge in [0.2, 0.25) is 17.7 Å². The van der Waals surface area contributed by atoms with Gasteiger partial charge in [0.1, 0.15) is 24.4 Å². The molecule has 0 saturated carbocycles. The van der Waals surface area contributed by atoms with Crippen molar-refractivity contribution in [3.05, 3.63) is 122 Å². The van der Waals surface area contributed by atoms with Gasteiger partial charge < -0.3 is 49.5 Å². The van der Waals surface area contributed by atoms with Gasteiger partial charge in [0.05, 0.1) is 48.0 Å². The Balaban J connectivity index is 0.855. The number of ketones is 1. The highest BCUT2D eigenvalue weighted by molar-refractivity contribution is 7.13. The van der Waals surface area contributed by atoms with Crippen LogP contribution in [0.5, 0.6) is 5.75 Å². The highest BCUT2D eigenvalue weighted by atomic mass is 32.1. The van der Waals surface area contributed by atoms with Crippen LogP contribution in [0.15, 0.2) is 77.0 Å². The third-order valence-corrected chi connectivity index (χ3v) is 15.6. The maximum absolute atomic E-state index is 14.1. The number of Topliss-reactive ketones (excluding diaryl/α,β-unsaturated/α-hetero) is 1. The molecule has 77 heavy (non-hydrogen) atoms. The van der Waals surface area contributed by atoms with Crippen molar-refractivity contribution in [1.29, 1.82) is 0 Å². The number of hydrogen-bond acceptors (Lipinski definition) is 13. The van der Waals surface area contributed by atoms with Gasteiger partial charge in [0.25, 0.3) is 5.56 Å². The predicted octanol–water partition coefficient (Wildman–Crippen LogP) is 8.39. The largest absolute Gasteiger partial charge is 0.494 e. The molecule has 0 unspecified atom stereocenters. The number of H-pyrrole nitrogens is 1. The molecule has 16 nitrogen and oxygen atoms in total. The monoisotopic (exact) mass is 1070 g/mol. The van der Waals surface area contributed by atoms with Crippen LogP contribution in [0.3, 0.4) is 0 Å². The molecule has 414 valence electrons. The van der Waals surface area contributed by atoms with E-state index in [0.717, 1.165) is 74.7 Å². The van der Waals surface area contributed by atoms with E-state index < -0.39 is 35.4 Å². The lowest BCUT2D eigenvalue weighted by Gasteiger charge is -2.37. The van der Waals surface area contributed by atoms with E-state index in [1.165, 1.54) is 4.90 Å². The Hall–Kier alpha value is -6.24. The number of thiazole rings is 1. The number of benzene rings is 3. The molecule has 2 aliphatic heterocycles. The minimum atomic E-state index is -0.982. The number of aliphatic hydroxyl groups is 1. The lowest BCUT2D eigenvalue weighted by atomic mass is 9.85. The van der Waals surface area contributed by atoms with Crippen LogP contribution in [0.1, 0.15) is 117 Å². The Morgan fingerprint density at radius 3 is 2.27 bits per heavy atom. The highest BCUT2D eigenvalue weighted by Gasteiger charge is 2.45. The summed E-state index contributed by atoms with van der Waals surface area (Å²) in [5, 5.41) is 16.5. The number of nitrogens with one attached hydrogen (secondary N) is 3. The zero-order valence-electron chi connectivity index (χ0n) is 46.3. The molecule has 7 rings (SSSR count). The Bertz CT molecular complexity index is 2870. The molecule has 4 heterocycles. The van der Waals surface area contributed by atoms with Crippen LogP contribution >= 0.6 is 11.3 Å². The minimum Gasteiger partial charge on any atom is -0.494 e. The fourth-order valence-corrected chi connectivity index (χ4v) is 11.2. The van der Waals surface area contributed by atoms with E-state index in [-0.39, 0.29) is 62.5 Å². The van der Waals surface area contributed by atoms with Gasteiger partial charge in [0, 0.05) is 80.7 Å². The molecule has 4 N–H and O–H groups in total. The van der Waals surface area contributed by atoms with Crippen molar-refractivity contribution in [1.82, 2.24) is 25.5 Å². The third-order valence-electron chi connectivity index (χ3n) is 14.6. The number of anilines is 1. The second kappa shape index (κ2) is 26.9. The molecule has 2 saturated heterocycles. The van der Waals surface area contributed by atoms with Crippen molar-refractivity contribution < 1.29 is 43.2 Å². The van der Waals surface area contributed by atoms with Crippen LogP contribution in [-0.2, 0) is 35.0 Å². The molecule has 17 heteroatoms. The van der Waals surface area contributed by atoms with Gasteiger partial charge in [-0.1, -0.05) is 57.2 Å². The average Bonchev–Trinajstić information content (AvgIpc) is 4.03. The first-order chi connectivity index (χ1) is 36.8. The summed E-state index contributed by atoms with van der Waals surface area (Å²) in [6.07, 6.45) is 2.20. The third kappa shape index (κ3) is 15.3. The second-order valence-electron chi connectivity index (χ2n) is 21.4. The minimum absolute atomic E-state index is 0.00365. The lowest BCUT2D eigenvalue weighted by Crippen LogP contribution is -2.58. The fourth-order valence-electron chi connectivity index (χ4n) is 10.3. The van der Waals surface area contributed by atoms with Crippen LogP contribution in [0.25, 0.3) is 21.6 Å². The van der Waals surface area contributed by atoms with Crippen LogP contribution < -0.4 is 25.8 Å². The van der Waals surface area contributed by atoms with Crippen LogP contribution in [0.2, 0.25) is 0 Å². The number of amides is 3. The van der Waals surface area contributed by atoms with Gasteiger partial charge in [-0.05, 0) is 130 Å². The number of nitrogens with zero attached hydrogens (tertiary/aromatic N) is 3. The van der Waals surface area contributed by atoms with Gasteiger partial charge in [-0.3, -0.25) is 24.0 Å². The number of carbonyl (C=O) groups excluding carboxylic acids is 4. The van der Waals surface area contributed by atoms with Gasteiger partial charge in [0.15, 0.2) is 5.78 Å². The van der Waals surface area contributed by atoms with E-state index in [4.69, 9.17) is 18.9 Å². The lowest BCUT2D eigenvalue weighted by molar-refractivity contribution is -0.144. The van der Waals surface area contributed by atoms with E-state index >= 15 is 0 Å². The molecule has 2 fully saturated rings. The summed E-state index contributed by atoms with van der Waals surface area (Å²) in [5.74, 6) is -0.617. The summed E-state index contributed by atoms with van der Waals surface area (Å²) in [5.41, 5.74) is 10.7. The smallest absolute Gasteiger partial charge is 0.251 e. The first-order valence-corrected chi connectivity index (χ1v) is 27.9. The van der Waals surface area contributed by atoms with Crippen LogP contribution in [0, 0.1) is 33.1 Å². The second-order valence-corrected chi connectivity index (χ2v) is 22.3. The van der Waals surface area contributed by atoms with E-state index in [1.807, 2.05) is 122 Å². The highest BCUT2D eigenvalue weighted by Crippen LogP contribution is 2.36. The Kier molecular flexibility index (Phi) is 20.4. The van der Waals surface area contributed by atoms with Crippen molar-refractivity contribution in [3.8, 4) is 27.3 Å². The molecule has 3 aromatic carbocycles. The SMILES string of the molecule is CCN(c1cc(-c2ccc(OCCCOCCOCC(=O)N[C@H](C(=O)N3C[C@H](O)C[C@H]3C(=O)N[C@@H](C)c3ccc(-c4scnc4C)cc3)C(C)(C)C)cc2)cc(C(=O)CCc2c(C)cc(C)[nH]c2=O)c1C)C1CCOCC1. The number of β-amino-alcohol motifs (C(OH)–C–C–N with tert-alkyl or cyclic N) is 1. The summed E-state index contributed by atoms with van der Waals surface area (Å²) in [7, 11) is 0. The van der Waals surface area contributed by atoms with E-state index in [9.17, 15) is 29.1 Å². The molecule has 0 aliphatic carbocycles. The summed E-state index contributed by atoms with van der Waals surface area (Å²) in [4.78, 5) is 79.9. The van der Waals surface area contributed by atoms with Crippen LogP contribution in [0.4, 0.5) is 5.69 Å². The summed E-state index contributed by atoms with van der Waals surface area (Å²) in [6.45, 7) is 20.4. The van der Waals surface area contributed by atoms with E-state index in [2.05, 4.69) is 38.5 Å². The first kappa shape index (κ1) is 58.4. The molecule has 0 radical (unpaired) electrons. The standard InChI is InChI=1S/C60H78N6O10S/c1-10-65(46-22-26-74-27-23-46)51-32-45(31-50(39(51)4)53(68)21-20-49-37(2)30-38(3)62-57(49)70)43-16-18-48(19-17-43)76-25-11-24-73-28-29-75-35-54(69)64-56(60(7,8)9)59(72)66-34-47(67)33-52(66)58(71)63-40(5)42-12-14-44(15-13-42)55-41(6)61-36-77-55/h12-19,30-32,36,40,46-47,52,56,67H,10-11,20-29,33-35H2,1-9H3,(H,62,70)(H,63,71)(H,64,69)/t40-,47+,52-,56+/m0/s1. The van der Waals surface area contributed by atoms with Crippen molar-refractivity contribution in [2.24, 2.45) is 5.41 Å². The number of aromatic nitrogens is 2. The number of rotatable bonds is 24. The van der Waals surface area contributed by atoms with Gasteiger partial charge in [-0.15, -0.1) is 11.3 Å². The number of aliphatic hydroxyl groups excluding tert-OH is 1. The fraction of sp³-hybridized carbons (Fsp3) is 0.500. The topological polar surface area (TPSA) is 202 Å². The zero-order valence-corrected chi connectivity index (χ0v) is 47.1. The number of pyridine rings is 1. The number of carbonyl (C=O) groups is 4. The van der Waals surface area contributed by atoms with Crippen molar-refractivity contribution >= 4 is 40.5 Å². The first-order valence-electron chi connectivity index (χ1n) is 27.0. The Labute approximate surface area is 457 Å². The number of ether oxygens (including phenoxy) is 4. The zero-order chi connectivity index (χ0) is 55.4. The maximum Gasteiger partial charge on any atom is 0.251 e. The maximum atomic E-state index is 14.1. The molecular formula is C60H78N6O10S. The summed E-state index contributed by atoms with van der Waals surface area (Å²) >= 11 is 1.57. The number of hydrogen-bond donors (Lipinski definition) is 4.